The van der Waals surface area contributed by atoms with Gasteiger partial charge in [-0.15, -0.1) is 11.3 Å². The maximum atomic E-state index is 12.8. The Morgan fingerprint density at radius 1 is 1.22 bits per heavy atom. The van der Waals surface area contributed by atoms with Crippen LogP contribution in [0.2, 0.25) is 5.02 Å². The van der Waals surface area contributed by atoms with E-state index in [9.17, 15) is 18.5 Å². The normalized spacial score (nSPS) is 14.9. The van der Waals surface area contributed by atoms with E-state index in [1.165, 1.54) is 27.8 Å². The van der Waals surface area contributed by atoms with Crippen LogP contribution in [0.3, 0.4) is 0 Å². The first kappa shape index (κ1) is 22.6. The van der Waals surface area contributed by atoms with Crippen LogP contribution in [0, 0.1) is 10.1 Å². The van der Waals surface area contributed by atoms with Crippen molar-refractivity contribution in [1.82, 2.24) is 9.29 Å². The van der Waals surface area contributed by atoms with Gasteiger partial charge in [0.05, 0.1) is 33.7 Å². The molecule has 1 aromatic heterocycles. The van der Waals surface area contributed by atoms with Crippen LogP contribution in [0.25, 0.3) is 10.6 Å². The average Bonchev–Trinajstić information content (AvgIpc) is 3.27. The van der Waals surface area contributed by atoms with Crippen LogP contribution < -0.4 is 4.74 Å². The van der Waals surface area contributed by atoms with Gasteiger partial charge in [-0.05, 0) is 18.2 Å². The second kappa shape index (κ2) is 9.51. The van der Waals surface area contributed by atoms with E-state index in [0.717, 1.165) is 11.6 Å². The fraction of sp³-hybridized carbons (Fsp3) is 0.250. The lowest BCUT2D eigenvalue weighted by molar-refractivity contribution is -0.386. The highest BCUT2D eigenvalue weighted by Gasteiger charge is 2.29. The highest BCUT2D eigenvalue weighted by atomic mass is 35.5. The first-order chi connectivity index (χ1) is 15.4. The molecule has 1 saturated heterocycles. The molecule has 32 heavy (non-hydrogen) atoms. The number of benzene rings is 2. The number of nitro benzene ring substituents is 1. The third-order valence-corrected chi connectivity index (χ3v) is 7.92. The number of hydrogen-bond acceptors (Lipinski definition) is 8. The summed E-state index contributed by atoms with van der Waals surface area (Å²) in [5, 5.41) is 14.6. The summed E-state index contributed by atoms with van der Waals surface area (Å²) in [4.78, 5) is 15.2. The van der Waals surface area contributed by atoms with Crippen LogP contribution >= 0.6 is 22.9 Å². The van der Waals surface area contributed by atoms with E-state index >= 15 is 0 Å². The molecule has 0 N–H and O–H groups in total. The minimum atomic E-state index is -3.86. The highest BCUT2D eigenvalue weighted by Crippen LogP contribution is 2.33. The Bertz CT molecular complexity index is 1240. The van der Waals surface area contributed by atoms with Crippen LogP contribution in [-0.2, 0) is 21.4 Å². The summed E-state index contributed by atoms with van der Waals surface area (Å²) < 4.78 is 37.7. The van der Waals surface area contributed by atoms with Crippen molar-refractivity contribution in [3.63, 3.8) is 0 Å². The topological polar surface area (TPSA) is 112 Å². The van der Waals surface area contributed by atoms with Crippen molar-refractivity contribution < 1.29 is 22.8 Å². The highest BCUT2D eigenvalue weighted by molar-refractivity contribution is 7.89. The Hall–Kier alpha value is -2.57. The van der Waals surface area contributed by atoms with Crippen molar-refractivity contribution in [1.29, 1.82) is 0 Å². The summed E-state index contributed by atoms with van der Waals surface area (Å²) in [6.45, 7) is 0.952. The molecule has 0 bridgehead atoms. The van der Waals surface area contributed by atoms with Crippen molar-refractivity contribution in [3.8, 4) is 16.3 Å². The number of morpholine rings is 1. The molecule has 168 valence electrons. The number of aromatic nitrogens is 1. The lowest BCUT2D eigenvalue weighted by Gasteiger charge is -2.26. The molecule has 0 amide bonds. The second-order valence-electron chi connectivity index (χ2n) is 6.82. The molecule has 3 aromatic rings. The zero-order valence-corrected chi connectivity index (χ0v) is 19.0. The molecule has 0 spiro atoms. The maximum absolute atomic E-state index is 12.8. The van der Waals surface area contributed by atoms with Gasteiger partial charge in [-0.3, -0.25) is 10.1 Å². The smallest absolute Gasteiger partial charge is 0.312 e. The molecule has 1 fully saturated rings. The van der Waals surface area contributed by atoms with Gasteiger partial charge in [-0.25, -0.2) is 13.4 Å². The number of thiazole rings is 1. The van der Waals surface area contributed by atoms with Gasteiger partial charge < -0.3 is 9.47 Å². The molecular weight excluding hydrogens is 478 g/mol. The Morgan fingerprint density at radius 3 is 2.69 bits per heavy atom. The first-order valence-corrected chi connectivity index (χ1v) is 12.2. The van der Waals surface area contributed by atoms with E-state index in [0.29, 0.717) is 15.7 Å². The van der Waals surface area contributed by atoms with Crippen LogP contribution in [0.5, 0.6) is 5.75 Å². The van der Waals surface area contributed by atoms with Crippen molar-refractivity contribution in [3.05, 3.63) is 68.7 Å². The third kappa shape index (κ3) is 4.76. The molecule has 0 atom stereocenters. The molecule has 0 saturated carbocycles. The first-order valence-electron chi connectivity index (χ1n) is 9.55. The molecule has 12 heteroatoms. The third-order valence-electron chi connectivity index (χ3n) is 4.77. The molecule has 0 unspecified atom stereocenters. The number of halogens is 1. The van der Waals surface area contributed by atoms with Gasteiger partial charge in [0.2, 0.25) is 10.0 Å². The van der Waals surface area contributed by atoms with Crippen molar-refractivity contribution in [2.75, 3.05) is 26.3 Å². The number of nitrogens with zero attached hydrogens (tertiary/aromatic N) is 3. The Balaban J connectivity index is 1.53. The average molecular weight is 496 g/mol. The van der Waals surface area contributed by atoms with Gasteiger partial charge >= 0.3 is 5.69 Å². The molecule has 1 aliphatic heterocycles. The van der Waals surface area contributed by atoms with E-state index in [1.807, 2.05) is 18.2 Å². The summed E-state index contributed by atoms with van der Waals surface area (Å²) in [6, 6.07) is 10.9. The molecular formula is C20H18ClN3O6S2. The zero-order valence-electron chi connectivity index (χ0n) is 16.6. The van der Waals surface area contributed by atoms with Gasteiger partial charge in [0, 0.05) is 30.1 Å². The molecule has 1 aliphatic rings. The van der Waals surface area contributed by atoms with E-state index in [1.54, 1.807) is 11.4 Å². The summed E-state index contributed by atoms with van der Waals surface area (Å²) >= 11 is 7.58. The molecule has 4 rings (SSSR count). The largest absolute Gasteiger partial charge is 0.480 e. The summed E-state index contributed by atoms with van der Waals surface area (Å²) in [5.74, 6) is -0.0387. The molecule has 9 nitrogen and oxygen atoms in total. The molecule has 0 radical (unpaired) electrons. The Labute approximate surface area is 193 Å². The quantitative estimate of drug-likeness (QED) is 0.360. The van der Waals surface area contributed by atoms with Crippen molar-refractivity contribution in [2.45, 2.75) is 11.5 Å². The minimum Gasteiger partial charge on any atom is -0.480 e. The van der Waals surface area contributed by atoms with E-state index < -0.39 is 20.6 Å². The van der Waals surface area contributed by atoms with E-state index in [2.05, 4.69) is 4.98 Å². The maximum Gasteiger partial charge on any atom is 0.312 e. The predicted molar refractivity (Wildman–Crippen MR) is 120 cm³/mol. The Kier molecular flexibility index (Phi) is 6.72. The van der Waals surface area contributed by atoms with E-state index in [-0.39, 0.29) is 43.6 Å². The van der Waals surface area contributed by atoms with E-state index in [4.69, 9.17) is 21.1 Å². The van der Waals surface area contributed by atoms with Gasteiger partial charge in [-0.2, -0.15) is 4.31 Å². The number of ether oxygens (including phenoxy) is 2. The van der Waals surface area contributed by atoms with Crippen LogP contribution in [0.4, 0.5) is 5.69 Å². The van der Waals surface area contributed by atoms with Gasteiger partial charge in [0.25, 0.3) is 0 Å². The summed E-state index contributed by atoms with van der Waals surface area (Å²) in [5.41, 5.74) is 0.930. The lowest BCUT2D eigenvalue weighted by atomic mass is 10.2. The monoisotopic (exact) mass is 495 g/mol. The lowest BCUT2D eigenvalue weighted by Crippen LogP contribution is -2.40. The fourth-order valence-corrected chi connectivity index (χ4v) is 5.69. The van der Waals surface area contributed by atoms with Crippen LogP contribution in [0.15, 0.2) is 52.7 Å². The number of sulfonamides is 1. The van der Waals surface area contributed by atoms with Gasteiger partial charge in [0.1, 0.15) is 11.6 Å². The molecule has 2 heterocycles. The number of hydrogen-bond donors (Lipinski definition) is 0. The minimum absolute atomic E-state index is 0.0165. The number of rotatable bonds is 7. The second-order valence-corrected chi connectivity index (χ2v) is 10.0. The van der Waals surface area contributed by atoms with Crippen LogP contribution in [-0.4, -0.2) is 48.9 Å². The van der Waals surface area contributed by atoms with Crippen LogP contribution in [0.1, 0.15) is 5.69 Å². The standard InChI is InChI=1S/C20H18ClN3O6S2/c21-17-4-2-1-3-16(17)20-22-14(13-31-20)12-30-19-6-5-15(11-18(19)24(25)26)32(27,28)23-7-9-29-10-8-23/h1-6,11,13H,7-10,12H2. The zero-order chi connectivity index (χ0) is 22.7. The summed E-state index contributed by atoms with van der Waals surface area (Å²) in [6.07, 6.45) is 0. The van der Waals surface area contributed by atoms with Crippen molar-refractivity contribution in [2.24, 2.45) is 0 Å². The number of nitro groups is 1. The van der Waals surface area contributed by atoms with Gasteiger partial charge in [0.15, 0.2) is 5.75 Å². The molecule has 0 aliphatic carbocycles. The molecule has 2 aromatic carbocycles. The van der Waals surface area contributed by atoms with Gasteiger partial charge in [-0.1, -0.05) is 29.8 Å². The SMILES string of the molecule is O=[N+]([O-])c1cc(S(=O)(=O)N2CCOCC2)ccc1OCc1csc(-c2ccccc2Cl)n1. The fourth-order valence-electron chi connectivity index (χ4n) is 3.14. The van der Waals surface area contributed by atoms with Crippen molar-refractivity contribution >= 4 is 38.6 Å². The summed E-state index contributed by atoms with van der Waals surface area (Å²) in [7, 11) is -3.86. The Morgan fingerprint density at radius 2 is 1.97 bits per heavy atom. The predicted octanol–water partition coefficient (Wildman–Crippen LogP) is 3.97.